The minimum Gasteiger partial charge on any atom is -0.473 e. The van der Waals surface area contributed by atoms with E-state index in [-0.39, 0.29) is 0 Å². The molecule has 0 bridgehead atoms. The van der Waals surface area contributed by atoms with E-state index in [4.69, 9.17) is 5.11 Å². The van der Waals surface area contributed by atoms with Crippen LogP contribution in [0, 0.1) is 0 Å². The molecule has 0 atom stereocenters. The lowest BCUT2D eigenvalue weighted by Crippen LogP contribution is -2.13. The van der Waals surface area contributed by atoms with Crippen LogP contribution >= 0.6 is 0 Å². The van der Waals surface area contributed by atoms with Crippen molar-refractivity contribution in [1.82, 2.24) is 0 Å². The molecule has 0 aromatic carbocycles. The summed E-state index contributed by atoms with van der Waals surface area (Å²) in [5.41, 5.74) is 0. The Morgan fingerprint density at radius 1 is 1.38 bits per heavy atom. The number of esters is 1. The normalized spacial score (nSPS) is 10.2. The van der Waals surface area contributed by atoms with E-state index in [9.17, 15) is 9.59 Å². The molecule has 0 spiro atoms. The molecule has 4 heteroatoms. The van der Waals surface area contributed by atoms with Crippen LogP contribution in [0.3, 0.4) is 0 Å². The Hall–Kier alpha value is -1.32. The van der Waals surface area contributed by atoms with Crippen molar-refractivity contribution in [2.24, 2.45) is 0 Å². The summed E-state index contributed by atoms with van der Waals surface area (Å²) in [5.74, 6) is -2.81. The average Bonchev–Trinajstić information content (AvgIpc) is 2.10. The van der Waals surface area contributed by atoms with Gasteiger partial charge < -0.3 is 9.84 Å². The molecule has 0 aliphatic carbocycles. The maximum atomic E-state index is 10.4. The summed E-state index contributed by atoms with van der Waals surface area (Å²) in [7, 11) is 0. The second kappa shape index (κ2) is 7.34. The van der Waals surface area contributed by atoms with Crippen molar-refractivity contribution < 1.29 is 19.4 Å². The average molecular weight is 186 g/mol. The first-order chi connectivity index (χ1) is 6.18. The van der Waals surface area contributed by atoms with Crippen LogP contribution in [0.15, 0.2) is 12.3 Å². The molecular weight excluding hydrogens is 172 g/mol. The highest BCUT2D eigenvalue weighted by Crippen LogP contribution is 1.99. The Bertz CT molecular complexity index is 196. The van der Waals surface area contributed by atoms with Crippen molar-refractivity contribution in [3.63, 3.8) is 0 Å². The standard InChI is InChI=1S/C9H14O4/c1-2-3-4-5-6-7-13-9(12)8(10)11/h6-7H,2-5H2,1H3,(H,10,11). The summed E-state index contributed by atoms with van der Waals surface area (Å²) < 4.78 is 4.26. The number of carbonyl (C=O) groups excluding carboxylic acids is 1. The first-order valence-corrected chi connectivity index (χ1v) is 4.27. The molecule has 0 rings (SSSR count). The van der Waals surface area contributed by atoms with Crippen molar-refractivity contribution in [2.75, 3.05) is 0 Å². The van der Waals surface area contributed by atoms with Crippen LogP contribution in [0.5, 0.6) is 0 Å². The fourth-order valence-electron chi connectivity index (χ4n) is 0.741. The van der Waals surface area contributed by atoms with Gasteiger partial charge in [0.1, 0.15) is 0 Å². The number of ether oxygens (including phenoxy) is 1. The van der Waals surface area contributed by atoms with Crippen LogP contribution in [-0.4, -0.2) is 17.0 Å². The highest BCUT2D eigenvalue weighted by Gasteiger charge is 2.10. The molecule has 4 nitrogen and oxygen atoms in total. The lowest BCUT2D eigenvalue weighted by Gasteiger charge is -1.93. The van der Waals surface area contributed by atoms with Gasteiger partial charge in [0.25, 0.3) is 0 Å². The van der Waals surface area contributed by atoms with Gasteiger partial charge in [0.05, 0.1) is 6.26 Å². The second-order valence-electron chi connectivity index (χ2n) is 2.58. The molecule has 0 aromatic heterocycles. The Morgan fingerprint density at radius 2 is 2.08 bits per heavy atom. The Morgan fingerprint density at radius 3 is 2.62 bits per heavy atom. The summed E-state index contributed by atoms with van der Waals surface area (Å²) >= 11 is 0. The molecule has 74 valence electrons. The first kappa shape index (κ1) is 11.7. The second-order valence-corrected chi connectivity index (χ2v) is 2.58. The highest BCUT2D eigenvalue weighted by molar-refractivity contribution is 6.28. The summed E-state index contributed by atoms with van der Waals surface area (Å²) in [6.07, 6.45) is 6.86. The van der Waals surface area contributed by atoms with E-state index in [0.29, 0.717) is 0 Å². The number of allylic oxidation sites excluding steroid dienone is 1. The van der Waals surface area contributed by atoms with Gasteiger partial charge in [0.15, 0.2) is 0 Å². The molecule has 0 aliphatic heterocycles. The minimum absolute atomic E-state index is 0.806. The van der Waals surface area contributed by atoms with Gasteiger partial charge in [0, 0.05) is 0 Å². The third-order valence-corrected chi connectivity index (χ3v) is 1.42. The van der Waals surface area contributed by atoms with Gasteiger partial charge in [-0.05, 0) is 18.9 Å². The van der Waals surface area contributed by atoms with Crippen molar-refractivity contribution in [1.29, 1.82) is 0 Å². The van der Waals surface area contributed by atoms with Gasteiger partial charge in [-0.1, -0.05) is 19.8 Å². The summed E-state index contributed by atoms with van der Waals surface area (Å²) in [6.45, 7) is 2.09. The van der Waals surface area contributed by atoms with Gasteiger partial charge >= 0.3 is 11.9 Å². The molecule has 1 N–H and O–H groups in total. The van der Waals surface area contributed by atoms with E-state index >= 15 is 0 Å². The number of aliphatic carboxylic acids is 1. The zero-order valence-corrected chi connectivity index (χ0v) is 7.66. The number of rotatable bonds is 5. The third-order valence-electron chi connectivity index (χ3n) is 1.42. The number of carboxylic acid groups (broad SMARTS) is 1. The summed E-state index contributed by atoms with van der Waals surface area (Å²) in [4.78, 5) is 20.3. The molecule has 0 aromatic rings. The molecule has 0 fully saturated rings. The Kier molecular flexibility index (Phi) is 6.59. The van der Waals surface area contributed by atoms with Crippen LogP contribution in [0.1, 0.15) is 32.6 Å². The maximum absolute atomic E-state index is 10.4. The number of unbranched alkanes of at least 4 members (excludes halogenated alkanes) is 3. The largest absolute Gasteiger partial charge is 0.473 e. The van der Waals surface area contributed by atoms with Gasteiger partial charge in [-0.25, -0.2) is 9.59 Å². The fraction of sp³-hybridized carbons (Fsp3) is 0.556. The molecule has 13 heavy (non-hydrogen) atoms. The topological polar surface area (TPSA) is 63.6 Å². The molecule has 0 heterocycles. The molecule has 0 radical (unpaired) electrons. The van der Waals surface area contributed by atoms with Crippen molar-refractivity contribution in [3.8, 4) is 0 Å². The molecule has 0 saturated heterocycles. The van der Waals surface area contributed by atoms with E-state index < -0.39 is 11.9 Å². The van der Waals surface area contributed by atoms with Gasteiger partial charge in [-0.3, -0.25) is 0 Å². The predicted octanol–water partition coefficient (Wildman–Crippen LogP) is 1.71. The summed E-state index contributed by atoms with van der Waals surface area (Å²) in [5, 5.41) is 8.11. The Balaban J connectivity index is 3.41. The van der Waals surface area contributed by atoms with Crippen LogP contribution < -0.4 is 0 Å². The monoisotopic (exact) mass is 186 g/mol. The summed E-state index contributed by atoms with van der Waals surface area (Å²) in [6, 6.07) is 0. The third kappa shape index (κ3) is 7.05. The first-order valence-electron chi connectivity index (χ1n) is 4.27. The lowest BCUT2D eigenvalue weighted by atomic mass is 10.2. The Labute approximate surface area is 77.2 Å². The lowest BCUT2D eigenvalue weighted by molar-refractivity contribution is -0.160. The van der Waals surface area contributed by atoms with Crippen LogP contribution in [0.2, 0.25) is 0 Å². The van der Waals surface area contributed by atoms with Crippen molar-refractivity contribution >= 4 is 11.9 Å². The molecule has 0 aliphatic rings. The van der Waals surface area contributed by atoms with E-state index in [2.05, 4.69) is 11.7 Å². The molecule has 0 saturated carbocycles. The highest BCUT2D eigenvalue weighted by atomic mass is 16.6. The van der Waals surface area contributed by atoms with Crippen LogP contribution in [0.4, 0.5) is 0 Å². The van der Waals surface area contributed by atoms with Crippen molar-refractivity contribution in [2.45, 2.75) is 32.6 Å². The van der Waals surface area contributed by atoms with Crippen molar-refractivity contribution in [3.05, 3.63) is 12.3 Å². The minimum atomic E-state index is -1.57. The molecule has 0 unspecified atom stereocenters. The predicted molar refractivity (Wildman–Crippen MR) is 47.0 cm³/mol. The zero-order valence-electron chi connectivity index (χ0n) is 7.66. The van der Waals surface area contributed by atoms with Gasteiger partial charge in [-0.15, -0.1) is 0 Å². The van der Waals surface area contributed by atoms with Gasteiger partial charge in [0.2, 0.25) is 0 Å². The fourth-order valence-corrected chi connectivity index (χ4v) is 0.741. The van der Waals surface area contributed by atoms with Crippen LogP contribution in [0.25, 0.3) is 0 Å². The smallest absolute Gasteiger partial charge is 0.422 e. The quantitative estimate of drug-likeness (QED) is 0.307. The molecule has 0 amide bonds. The van der Waals surface area contributed by atoms with E-state index in [0.717, 1.165) is 31.9 Å². The van der Waals surface area contributed by atoms with Crippen LogP contribution in [-0.2, 0) is 14.3 Å². The SMILES string of the molecule is CCCCCC=COC(=O)C(=O)O. The number of carbonyl (C=O) groups is 2. The molecular formula is C9H14O4. The van der Waals surface area contributed by atoms with Gasteiger partial charge in [-0.2, -0.15) is 0 Å². The number of carboxylic acids is 1. The zero-order chi connectivity index (χ0) is 10.1. The van der Waals surface area contributed by atoms with E-state index in [1.54, 1.807) is 6.08 Å². The van der Waals surface area contributed by atoms with E-state index in [1.807, 2.05) is 0 Å². The maximum Gasteiger partial charge on any atom is 0.422 e. The van der Waals surface area contributed by atoms with E-state index in [1.165, 1.54) is 0 Å². The number of hydrogen-bond donors (Lipinski definition) is 1. The number of hydrogen-bond acceptors (Lipinski definition) is 3.